The van der Waals surface area contributed by atoms with Gasteiger partial charge in [0.2, 0.25) is 11.8 Å². The number of hydrogen-bond donors (Lipinski definition) is 1. The average Bonchev–Trinajstić information content (AvgIpc) is 3.35. The Hall–Kier alpha value is -2.87. The highest BCUT2D eigenvalue weighted by Gasteiger charge is 2.35. The summed E-state index contributed by atoms with van der Waals surface area (Å²) in [6, 6.07) is 9.23. The Balaban J connectivity index is 1.44. The molecular formula is C18H17N3O4S. The van der Waals surface area contributed by atoms with Gasteiger partial charge in [-0.05, 0) is 24.3 Å². The van der Waals surface area contributed by atoms with Crippen LogP contribution < -0.4 is 10.1 Å². The molecule has 8 heteroatoms. The number of fused-ring (bicyclic) bond motifs is 1. The van der Waals surface area contributed by atoms with Crippen LogP contribution in [0.5, 0.6) is 5.75 Å². The second-order valence-electron chi connectivity index (χ2n) is 6.07. The average molecular weight is 371 g/mol. The van der Waals surface area contributed by atoms with Crippen LogP contribution in [0.4, 0.5) is 5.13 Å². The van der Waals surface area contributed by atoms with Gasteiger partial charge in [0.15, 0.2) is 5.13 Å². The fourth-order valence-electron chi connectivity index (χ4n) is 3.04. The van der Waals surface area contributed by atoms with Gasteiger partial charge in [0.05, 0.1) is 30.5 Å². The minimum absolute atomic E-state index is 0.0486. The molecule has 1 aliphatic rings. The van der Waals surface area contributed by atoms with Gasteiger partial charge in [0.1, 0.15) is 17.0 Å². The Morgan fingerprint density at radius 3 is 3.08 bits per heavy atom. The number of rotatable bonds is 5. The topological polar surface area (TPSA) is 84.7 Å². The Labute approximate surface area is 153 Å². The number of benzene rings is 1. The van der Waals surface area contributed by atoms with Crippen molar-refractivity contribution in [1.82, 2.24) is 9.88 Å². The number of para-hydroxylation sites is 1. The predicted octanol–water partition coefficient (Wildman–Crippen LogP) is 2.89. The number of anilines is 1. The Morgan fingerprint density at radius 2 is 2.31 bits per heavy atom. The summed E-state index contributed by atoms with van der Waals surface area (Å²) in [6.07, 6.45) is 1.77. The maximum atomic E-state index is 12.6. The van der Waals surface area contributed by atoms with Crippen molar-refractivity contribution >= 4 is 38.5 Å². The molecule has 1 aromatic carbocycles. The molecule has 1 saturated heterocycles. The highest BCUT2D eigenvalue weighted by atomic mass is 32.1. The van der Waals surface area contributed by atoms with E-state index in [1.807, 2.05) is 24.3 Å². The van der Waals surface area contributed by atoms with E-state index in [2.05, 4.69) is 10.3 Å². The fraction of sp³-hybridized carbons (Fsp3) is 0.278. The van der Waals surface area contributed by atoms with Gasteiger partial charge in [-0.15, -0.1) is 0 Å². The van der Waals surface area contributed by atoms with Crippen molar-refractivity contribution in [3.8, 4) is 5.75 Å². The van der Waals surface area contributed by atoms with Crippen LogP contribution in [0.1, 0.15) is 12.2 Å². The van der Waals surface area contributed by atoms with E-state index in [-0.39, 0.29) is 18.2 Å². The Kier molecular flexibility index (Phi) is 4.34. The summed E-state index contributed by atoms with van der Waals surface area (Å²) in [4.78, 5) is 30.8. The monoisotopic (exact) mass is 371 g/mol. The van der Waals surface area contributed by atoms with E-state index in [9.17, 15) is 9.59 Å². The van der Waals surface area contributed by atoms with Crippen LogP contribution in [-0.2, 0) is 16.1 Å². The number of carbonyl (C=O) groups excluding carboxylic acids is 2. The number of nitrogens with one attached hydrogen (secondary N) is 1. The third-order valence-corrected chi connectivity index (χ3v) is 5.28. The van der Waals surface area contributed by atoms with E-state index in [1.165, 1.54) is 11.3 Å². The molecule has 4 rings (SSSR count). The molecule has 1 atom stereocenters. The van der Waals surface area contributed by atoms with Crippen LogP contribution in [-0.4, -0.2) is 35.4 Å². The first-order valence-electron chi connectivity index (χ1n) is 8.18. The van der Waals surface area contributed by atoms with Crippen LogP contribution >= 0.6 is 11.3 Å². The molecule has 26 heavy (non-hydrogen) atoms. The fourth-order valence-corrected chi connectivity index (χ4v) is 3.93. The summed E-state index contributed by atoms with van der Waals surface area (Å²) in [5.41, 5.74) is 0.720. The van der Waals surface area contributed by atoms with Crippen LogP contribution in [0.3, 0.4) is 0 Å². The molecule has 3 heterocycles. The highest BCUT2D eigenvalue weighted by Crippen LogP contribution is 2.32. The molecule has 0 aliphatic carbocycles. The second-order valence-corrected chi connectivity index (χ2v) is 7.10. The molecule has 0 spiro atoms. The number of thiazole rings is 1. The smallest absolute Gasteiger partial charge is 0.231 e. The maximum Gasteiger partial charge on any atom is 0.231 e. The molecule has 1 aliphatic heterocycles. The number of carbonyl (C=O) groups is 2. The lowest BCUT2D eigenvalue weighted by atomic mass is 10.1. The van der Waals surface area contributed by atoms with Gasteiger partial charge >= 0.3 is 0 Å². The lowest BCUT2D eigenvalue weighted by Gasteiger charge is -2.14. The van der Waals surface area contributed by atoms with Gasteiger partial charge in [-0.2, -0.15) is 0 Å². The SMILES string of the molecule is COc1cccc2sc(NC(=O)C3CC(=O)N(Cc4ccco4)C3)nc12. The molecular weight excluding hydrogens is 354 g/mol. The summed E-state index contributed by atoms with van der Waals surface area (Å²) < 4.78 is 11.5. The zero-order chi connectivity index (χ0) is 18.1. The molecule has 2 aromatic heterocycles. The van der Waals surface area contributed by atoms with Crippen LogP contribution in [0, 0.1) is 5.92 Å². The van der Waals surface area contributed by atoms with Crippen molar-refractivity contribution in [3.05, 3.63) is 42.4 Å². The third-order valence-electron chi connectivity index (χ3n) is 4.34. The normalized spacial score (nSPS) is 17.0. The Morgan fingerprint density at radius 1 is 1.42 bits per heavy atom. The first-order chi connectivity index (χ1) is 12.6. The summed E-state index contributed by atoms with van der Waals surface area (Å²) in [5.74, 6) is 0.731. The summed E-state index contributed by atoms with van der Waals surface area (Å²) in [7, 11) is 1.59. The lowest BCUT2D eigenvalue weighted by molar-refractivity contribution is -0.128. The summed E-state index contributed by atoms with van der Waals surface area (Å²) in [6.45, 7) is 0.757. The molecule has 0 bridgehead atoms. The van der Waals surface area contributed by atoms with Gasteiger partial charge in [0, 0.05) is 13.0 Å². The third kappa shape index (κ3) is 3.15. The van der Waals surface area contributed by atoms with Gasteiger partial charge in [-0.1, -0.05) is 17.4 Å². The van der Waals surface area contributed by atoms with Gasteiger partial charge in [-0.25, -0.2) is 4.98 Å². The van der Waals surface area contributed by atoms with Crippen LogP contribution in [0.25, 0.3) is 10.2 Å². The number of ether oxygens (including phenoxy) is 1. The largest absolute Gasteiger partial charge is 0.494 e. The van der Waals surface area contributed by atoms with E-state index in [0.717, 1.165) is 10.2 Å². The van der Waals surface area contributed by atoms with Gasteiger partial charge in [-0.3, -0.25) is 9.59 Å². The zero-order valence-corrected chi connectivity index (χ0v) is 14.9. The lowest BCUT2D eigenvalue weighted by Crippen LogP contribution is -2.27. The minimum atomic E-state index is -0.397. The first-order valence-corrected chi connectivity index (χ1v) is 9.00. The highest BCUT2D eigenvalue weighted by molar-refractivity contribution is 7.22. The van der Waals surface area contributed by atoms with Crippen molar-refractivity contribution in [3.63, 3.8) is 0 Å². The molecule has 1 unspecified atom stereocenters. The molecule has 1 N–H and O–H groups in total. The molecule has 3 aromatic rings. The second kappa shape index (κ2) is 6.80. The maximum absolute atomic E-state index is 12.6. The van der Waals surface area contributed by atoms with Crippen molar-refractivity contribution in [1.29, 1.82) is 0 Å². The molecule has 1 fully saturated rings. The number of furan rings is 1. The van der Waals surface area contributed by atoms with E-state index in [4.69, 9.17) is 9.15 Å². The molecule has 7 nitrogen and oxygen atoms in total. The number of amides is 2. The van der Waals surface area contributed by atoms with Crippen LogP contribution in [0.15, 0.2) is 41.0 Å². The predicted molar refractivity (Wildman–Crippen MR) is 97.0 cm³/mol. The molecule has 134 valence electrons. The van der Waals surface area contributed by atoms with Crippen molar-refractivity contribution < 1.29 is 18.7 Å². The van der Waals surface area contributed by atoms with E-state index >= 15 is 0 Å². The quantitative estimate of drug-likeness (QED) is 0.745. The summed E-state index contributed by atoms with van der Waals surface area (Å²) >= 11 is 1.38. The first kappa shape index (κ1) is 16.6. The number of hydrogen-bond acceptors (Lipinski definition) is 6. The van der Waals surface area contributed by atoms with Crippen molar-refractivity contribution in [2.75, 3.05) is 19.0 Å². The molecule has 0 radical (unpaired) electrons. The number of nitrogens with zero attached hydrogens (tertiary/aromatic N) is 2. The number of likely N-dealkylation sites (tertiary alicyclic amines) is 1. The number of aromatic nitrogens is 1. The number of methoxy groups -OCH3 is 1. The van der Waals surface area contributed by atoms with Crippen molar-refractivity contribution in [2.24, 2.45) is 5.92 Å². The van der Waals surface area contributed by atoms with E-state index in [1.54, 1.807) is 24.3 Å². The Bertz CT molecular complexity index is 951. The summed E-state index contributed by atoms with van der Waals surface area (Å²) in [5, 5.41) is 3.34. The van der Waals surface area contributed by atoms with Crippen LogP contribution in [0.2, 0.25) is 0 Å². The van der Waals surface area contributed by atoms with E-state index in [0.29, 0.717) is 29.7 Å². The zero-order valence-electron chi connectivity index (χ0n) is 14.1. The van der Waals surface area contributed by atoms with Gasteiger partial charge in [0.25, 0.3) is 0 Å². The molecule has 0 saturated carbocycles. The minimum Gasteiger partial charge on any atom is -0.494 e. The molecule has 2 amide bonds. The standard InChI is InChI=1S/C18H17N3O4S/c1-24-13-5-2-6-14-16(13)19-18(26-14)20-17(23)11-8-15(22)21(9-11)10-12-4-3-7-25-12/h2-7,11H,8-10H2,1H3,(H,19,20,23). The van der Waals surface area contributed by atoms with E-state index < -0.39 is 5.92 Å². The van der Waals surface area contributed by atoms with Gasteiger partial charge < -0.3 is 19.4 Å². The van der Waals surface area contributed by atoms with Crippen molar-refractivity contribution in [2.45, 2.75) is 13.0 Å².